The molecule has 27 heavy (non-hydrogen) atoms. The summed E-state index contributed by atoms with van der Waals surface area (Å²) in [5.41, 5.74) is 2.31. The van der Waals surface area contributed by atoms with Crippen molar-refractivity contribution in [2.24, 2.45) is 23.7 Å². The largest absolute Gasteiger partial charge is 0.489 e. The summed E-state index contributed by atoms with van der Waals surface area (Å²) in [4.78, 5) is 11.7. The highest BCUT2D eigenvalue weighted by Gasteiger charge is 2.67. The minimum Gasteiger partial charge on any atom is -0.489 e. The van der Waals surface area contributed by atoms with E-state index in [9.17, 15) is 0 Å². The van der Waals surface area contributed by atoms with Gasteiger partial charge in [-0.15, -0.1) is 0 Å². The zero-order valence-corrected chi connectivity index (χ0v) is 15.6. The van der Waals surface area contributed by atoms with Crippen LogP contribution in [-0.2, 0) is 16.4 Å². The fourth-order valence-electron chi connectivity index (χ4n) is 6.52. The molecule has 1 saturated heterocycles. The van der Waals surface area contributed by atoms with E-state index in [2.05, 4.69) is 30.3 Å². The molecular weight excluding hydrogens is 336 g/mol. The van der Waals surface area contributed by atoms with E-state index in [1.54, 1.807) is 0 Å². The van der Waals surface area contributed by atoms with Gasteiger partial charge in [-0.3, -0.25) is 0 Å². The Kier molecular flexibility index (Phi) is 3.64. The van der Waals surface area contributed by atoms with Gasteiger partial charge in [0.1, 0.15) is 18.0 Å². The maximum Gasteiger partial charge on any atom is 0.151 e. The molecule has 1 atom stereocenters. The second-order valence-electron chi connectivity index (χ2n) is 9.06. The van der Waals surface area contributed by atoms with Gasteiger partial charge in [-0.25, -0.2) is 9.78 Å². The Morgan fingerprint density at radius 2 is 1.59 bits per heavy atom. The van der Waals surface area contributed by atoms with E-state index in [0.29, 0.717) is 18.4 Å². The normalized spacial score (nSPS) is 38.7. The molecule has 1 aliphatic heterocycles. The van der Waals surface area contributed by atoms with Gasteiger partial charge in [0.25, 0.3) is 0 Å². The highest BCUT2D eigenvalue weighted by molar-refractivity contribution is 5.34. The molecule has 7 rings (SSSR count). The van der Waals surface area contributed by atoms with Crippen LogP contribution in [0.15, 0.2) is 54.6 Å². The SMILES string of the molecule is c1ccc(COc2cccc(C3OOC34C3CC5CC(C3)CC4C5)c2)cc1. The van der Waals surface area contributed by atoms with Crippen LogP contribution >= 0.6 is 0 Å². The summed E-state index contributed by atoms with van der Waals surface area (Å²) in [7, 11) is 0. The molecule has 1 unspecified atom stereocenters. The van der Waals surface area contributed by atoms with Crippen LogP contribution in [0.3, 0.4) is 0 Å². The monoisotopic (exact) mass is 362 g/mol. The van der Waals surface area contributed by atoms with Crippen molar-refractivity contribution in [2.45, 2.75) is 50.4 Å². The Hall–Kier alpha value is -1.84. The lowest BCUT2D eigenvalue weighted by molar-refractivity contribution is -0.551. The zero-order chi connectivity index (χ0) is 17.8. The van der Waals surface area contributed by atoms with Gasteiger partial charge in [0.05, 0.1) is 0 Å². The van der Waals surface area contributed by atoms with Crippen LogP contribution in [0.1, 0.15) is 49.3 Å². The Morgan fingerprint density at radius 1 is 0.852 bits per heavy atom. The van der Waals surface area contributed by atoms with Crippen molar-refractivity contribution in [3.63, 3.8) is 0 Å². The van der Waals surface area contributed by atoms with E-state index >= 15 is 0 Å². The van der Waals surface area contributed by atoms with Gasteiger partial charge in [-0.05, 0) is 79.0 Å². The summed E-state index contributed by atoms with van der Waals surface area (Å²) in [5.74, 6) is 4.11. The van der Waals surface area contributed by atoms with Crippen molar-refractivity contribution in [3.05, 3.63) is 65.7 Å². The molecule has 3 heteroatoms. The van der Waals surface area contributed by atoms with Crippen molar-refractivity contribution in [3.8, 4) is 5.75 Å². The summed E-state index contributed by atoms with van der Waals surface area (Å²) in [6, 6.07) is 18.8. The van der Waals surface area contributed by atoms with Crippen LogP contribution in [0.4, 0.5) is 0 Å². The molecule has 1 spiro atoms. The summed E-state index contributed by atoms with van der Waals surface area (Å²) in [6.07, 6.45) is 6.84. The first-order valence-corrected chi connectivity index (χ1v) is 10.4. The lowest BCUT2D eigenvalue weighted by Gasteiger charge is -2.65. The van der Waals surface area contributed by atoms with E-state index < -0.39 is 0 Å². The highest BCUT2D eigenvalue weighted by atomic mass is 17.3. The van der Waals surface area contributed by atoms with Crippen LogP contribution < -0.4 is 4.74 Å². The first-order chi connectivity index (χ1) is 13.3. The molecule has 1 heterocycles. The molecule has 2 aromatic carbocycles. The van der Waals surface area contributed by atoms with E-state index in [4.69, 9.17) is 14.5 Å². The molecule has 5 aliphatic rings. The maximum absolute atomic E-state index is 6.05. The van der Waals surface area contributed by atoms with Gasteiger partial charge in [0, 0.05) is 0 Å². The molecule has 2 aromatic rings. The average molecular weight is 362 g/mol. The van der Waals surface area contributed by atoms with Crippen molar-refractivity contribution in [1.82, 2.24) is 0 Å². The smallest absolute Gasteiger partial charge is 0.151 e. The number of hydrogen-bond donors (Lipinski definition) is 0. The van der Waals surface area contributed by atoms with Gasteiger partial charge in [0.2, 0.25) is 0 Å². The number of benzene rings is 2. The van der Waals surface area contributed by atoms with Crippen molar-refractivity contribution < 1.29 is 14.5 Å². The summed E-state index contributed by atoms with van der Waals surface area (Å²) < 4.78 is 6.05. The lowest BCUT2D eigenvalue weighted by atomic mass is 9.48. The van der Waals surface area contributed by atoms with Crippen LogP contribution in [0.25, 0.3) is 0 Å². The quantitative estimate of drug-likeness (QED) is 0.676. The van der Waals surface area contributed by atoms with E-state index in [-0.39, 0.29) is 11.7 Å². The fourth-order valence-corrected chi connectivity index (χ4v) is 6.52. The van der Waals surface area contributed by atoms with Gasteiger partial charge in [0.15, 0.2) is 6.10 Å². The molecule has 0 amide bonds. The predicted molar refractivity (Wildman–Crippen MR) is 102 cm³/mol. The minimum atomic E-state index is -0.0779. The third kappa shape index (κ3) is 2.48. The number of hydrogen-bond acceptors (Lipinski definition) is 3. The van der Waals surface area contributed by atoms with Crippen LogP contribution in [-0.4, -0.2) is 5.60 Å². The topological polar surface area (TPSA) is 27.7 Å². The van der Waals surface area contributed by atoms with Crippen LogP contribution in [0.2, 0.25) is 0 Å². The standard InChI is InChI=1S/C24H26O3/c1-2-5-16(6-3-1)15-25-22-8-4-7-19(14-22)23-24(27-26-23)20-10-17-9-18(12-20)13-21(24)11-17/h1-8,14,17-18,20-21,23H,9-13,15H2. The van der Waals surface area contributed by atoms with Gasteiger partial charge in [-0.2, -0.15) is 0 Å². The predicted octanol–water partition coefficient (Wildman–Crippen LogP) is 5.46. The van der Waals surface area contributed by atoms with Crippen molar-refractivity contribution in [2.75, 3.05) is 0 Å². The summed E-state index contributed by atoms with van der Waals surface area (Å²) in [5, 5.41) is 0. The first-order valence-electron chi connectivity index (χ1n) is 10.4. The van der Waals surface area contributed by atoms with E-state index in [1.165, 1.54) is 43.2 Å². The van der Waals surface area contributed by atoms with Crippen LogP contribution in [0.5, 0.6) is 5.75 Å². The van der Waals surface area contributed by atoms with E-state index in [1.807, 2.05) is 24.3 Å². The fraction of sp³-hybridized carbons (Fsp3) is 0.500. The maximum atomic E-state index is 6.05. The molecule has 140 valence electrons. The minimum absolute atomic E-state index is 0.0628. The molecule has 0 aromatic heterocycles. The Morgan fingerprint density at radius 3 is 2.26 bits per heavy atom. The molecule has 0 N–H and O–H groups in total. The molecular formula is C24H26O3. The van der Waals surface area contributed by atoms with Gasteiger partial charge in [-0.1, -0.05) is 42.5 Å². The van der Waals surface area contributed by atoms with Crippen molar-refractivity contribution >= 4 is 0 Å². The molecule has 5 fully saturated rings. The molecule has 4 bridgehead atoms. The molecule has 0 radical (unpaired) electrons. The second kappa shape index (κ2) is 6.08. The van der Waals surface area contributed by atoms with E-state index in [0.717, 1.165) is 17.6 Å². The third-order valence-corrected chi connectivity index (χ3v) is 7.52. The van der Waals surface area contributed by atoms with Crippen molar-refractivity contribution in [1.29, 1.82) is 0 Å². The summed E-state index contributed by atoms with van der Waals surface area (Å²) >= 11 is 0. The first kappa shape index (κ1) is 16.1. The third-order valence-electron chi connectivity index (χ3n) is 7.52. The number of ether oxygens (including phenoxy) is 1. The van der Waals surface area contributed by atoms with Crippen LogP contribution in [0, 0.1) is 23.7 Å². The molecule has 4 saturated carbocycles. The van der Waals surface area contributed by atoms with Gasteiger partial charge < -0.3 is 4.74 Å². The summed E-state index contributed by atoms with van der Waals surface area (Å²) in [6.45, 7) is 0.589. The number of rotatable bonds is 4. The Balaban J connectivity index is 1.23. The second-order valence-corrected chi connectivity index (χ2v) is 9.06. The Bertz CT molecular complexity index is 803. The lowest BCUT2D eigenvalue weighted by Crippen LogP contribution is -2.67. The molecule has 4 aliphatic carbocycles. The average Bonchev–Trinajstić information content (AvgIpc) is 2.66. The zero-order valence-electron chi connectivity index (χ0n) is 15.6. The highest BCUT2D eigenvalue weighted by Crippen LogP contribution is 2.67. The Labute approximate surface area is 160 Å². The van der Waals surface area contributed by atoms with Gasteiger partial charge >= 0.3 is 0 Å². The molecule has 3 nitrogen and oxygen atoms in total.